The van der Waals surface area contributed by atoms with Crippen LogP contribution in [0.5, 0.6) is 0 Å². The molecule has 0 aromatic carbocycles. The first-order valence-electron chi connectivity index (χ1n) is 7.80. The maximum atomic E-state index is 4.62. The Balaban J connectivity index is 2.26. The summed E-state index contributed by atoms with van der Waals surface area (Å²) in [4.78, 5) is 0. The van der Waals surface area contributed by atoms with E-state index < -0.39 is 0 Å². The molecule has 1 rings (SSSR count). The van der Waals surface area contributed by atoms with Gasteiger partial charge in [-0.3, -0.25) is 4.68 Å². The molecule has 2 unspecified atom stereocenters. The largest absolute Gasteiger partial charge is 0.309 e. The molecule has 19 heavy (non-hydrogen) atoms. The molecular formula is C16H31N3. The van der Waals surface area contributed by atoms with Crippen molar-refractivity contribution in [2.45, 2.75) is 78.9 Å². The number of nitrogens with one attached hydrogen (secondary N) is 1. The Bertz CT molecular complexity index is 344. The van der Waals surface area contributed by atoms with Crippen molar-refractivity contribution >= 4 is 0 Å². The van der Waals surface area contributed by atoms with E-state index in [4.69, 9.17) is 0 Å². The van der Waals surface area contributed by atoms with Crippen molar-refractivity contribution < 1.29 is 0 Å². The Kier molecular flexibility index (Phi) is 7.14. The summed E-state index contributed by atoms with van der Waals surface area (Å²) in [6.45, 7) is 12.1. The Morgan fingerprint density at radius 1 is 1.21 bits per heavy atom. The Hall–Kier alpha value is -0.830. The van der Waals surface area contributed by atoms with Gasteiger partial charge in [0.25, 0.3) is 0 Å². The first kappa shape index (κ1) is 16.2. The molecule has 0 bridgehead atoms. The first-order chi connectivity index (χ1) is 9.02. The van der Waals surface area contributed by atoms with Crippen LogP contribution in [0.2, 0.25) is 0 Å². The number of hydrogen-bond donors (Lipinski definition) is 1. The molecule has 0 radical (unpaired) electrons. The molecule has 2 atom stereocenters. The van der Waals surface area contributed by atoms with Crippen molar-refractivity contribution in [2.75, 3.05) is 0 Å². The van der Waals surface area contributed by atoms with Gasteiger partial charge < -0.3 is 5.32 Å². The summed E-state index contributed by atoms with van der Waals surface area (Å²) in [7, 11) is 0. The minimum Gasteiger partial charge on any atom is -0.309 e. The first-order valence-corrected chi connectivity index (χ1v) is 7.80. The fraction of sp³-hybridized carbons (Fsp3) is 0.812. The smallest absolute Gasteiger partial charge is 0.0762 e. The van der Waals surface area contributed by atoms with Crippen LogP contribution in [-0.4, -0.2) is 15.8 Å². The van der Waals surface area contributed by atoms with E-state index in [1.807, 2.05) is 0 Å². The SMILES string of the molecule is CCC(C)n1ccc(CNC(C)CCCC(C)C)n1. The summed E-state index contributed by atoms with van der Waals surface area (Å²) in [5, 5.41) is 8.18. The third-order valence-electron chi connectivity index (χ3n) is 3.76. The van der Waals surface area contributed by atoms with Gasteiger partial charge in [-0.15, -0.1) is 0 Å². The van der Waals surface area contributed by atoms with Gasteiger partial charge in [-0.1, -0.05) is 33.6 Å². The van der Waals surface area contributed by atoms with Crippen LogP contribution < -0.4 is 5.32 Å². The van der Waals surface area contributed by atoms with E-state index in [9.17, 15) is 0 Å². The zero-order valence-electron chi connectivity index (χ0n) is 13.3. The summed E-state index contributed by atoms with van der Waals surface area (Å²) < 4.78 is 2.07. The van der Waals surface area contributed by atoms with E-state index in [-0.39, 0.29) is 0 Å². The minimum atomic E-state index is 0.497. The third kappa shape index (κ3) is 6.24. The highest BCUT2D eigenvalue weighted by Crippen LogP contribution is 2.10. The highest BCUT2D eigenvalue weighted by molar-refractivity contribution is 4.99. The van der Waals surface area contributed by atoms with Crippen LogP contribution in [0.3, 0.4) is 0 Å². The maximum absolute atomic E-state index is 4.62. The number of hydrogen-bond acceptors (Lipinski definition) is 2. The van der Waals surface area contributed by atoms with Crippen LogP contribution in [0.1, 0.15) is 72.0 Å². The van der Waals surface area contributed by atoms with Crippen LogP contribution in [0.25, 0.3) is 0 Å². The standard InChI is InChI=1S/C16H31N3/c1-6-15(5)19-11-10-16(18-19)12-17-14(4)9-7-8-13(2)3/h10-11,13-15,17H,6-9,12H2,1-5H3. The van der Waals surface area contributed by atoms with Gasteiger partial charge in [-0.2, -0.15) is 5.10 Å². The lowest BCUT2D eigenvalue weighted by Crippen LogP contribution is -2.25. The lowest BCUT2D eigenvalue weighted by atomic mass is 10.0. The predicted octanol–water partition coefficient (Wildman–Crippen LogP) is 4.16. The molecule has 0 fully saturated rings. The minimum absolute atomic E-state index is 0.497. The highest BCUT2D eigenvalue weighted by atomic mass is 15.3. The van der Waals surface area contributed by atoms with E-state index in [0.717, 1.165) is 24.6 Å². The Morgan fingerprint density at radius 3 is 2.58 bits per heavy atom. The molecule has 1 heterocycles. The summed E-state index contributed by atoms with van der Waals surface area (Å²) in [5.74, 6) is 0.818. The highest BCUT2D eigenvalue weighted by Gasteiger charge is 2.06. The van der Waals surface area contributed by atoms with Crippen molar-refractivity contribution in [1.82, 2.24) is 15.1 Å². The Labute approximate surface area is 118 Å². The molecule has 1 N–H and O–H groups in total. The average Bonchev–Trinajstić information content (AvgIpc) is 2.83. The van der Waals surface area contributed by atoms with Gasteiger partial charge in [0, 0.05) is 24.8 Å². The Morgan fingerprint density at radius 2 is 1.95 bits per heavy atom. The normalized spacial score (nSPS) is 14.8. The van der Waals surface area contributed by atoms with E-state index in [1.54, 1.807) is 0 Å². The molecule has 1 aromatic rings. The van der Waals surface area contributed by atoms with E-state index in [1.165, 1.54) is 19.3 Å². The second kappa shape index (κ2) is 8.36. The van der Waals surface area contributed by atoms with E-state index >= 15 is 0 Å². The summed E-state index contributed by atoms with van der Waals surface area (Å²) >= 11 is 0. The van der Waals surface area contributed by atoms with Gasteiger partial charge in [0.1, 0.15) is 0 Å². The molecule has 0 aliphatic heterocycles. The van der Waals surface area contributed by atoms with Gasteiger partial charge >= 0.3 is 0 Å². The van der Waals surface area contributed by atoms with Crippen LogP contribution in [0.15, 0.2) is 12.3 Å². The molecule has 3 heteroatoms. The monoisotopic (exact) mass is 265 g/mol. The fourth-order valence-corrected chi connectivity index (χ4v) is 2.12. The maximum Gasteiger partial charge on any atom is 0.0762 e. The summed E-state index contributed by atoms with van der Waals surface area (Å²) in [6.07, 6.45) is 7.11. The van der Waals surface area contributed by atoms with Crippen molar-refractivity contribution in [2.24, 2.45) is 5.92 Å². The fourth-order valence-electron chi connectivity index (χ4n) is 2.12. The van der Waals surface area contributed by atoms with Crippen LogP contribution in [-0.2, 0) is 6.54 Å². The molecule has 110 valence electrons. The molecule has 0 aliphatic rings. The van der Waals surface area contributed by atoms with Crippen LogP contribution in [0, 0.1) is 5.92 Å². The summed E-state index contributed by atoms with van der Waals surface area (Å²) in [5.41, 5.74) is 1.15. The lowest BCUT2D eigenvalue weighted by molar-refractivity contribution is 0.445. The van der Waals surface area contributed by atoms with Crippen LogP contribution >= 0.6 is 0 Å². The second-order valence-corrected chi connectivity index (χ2v) is 6.15. The van der Waals surface area contributed by atoms with Gasteiger partial charge in [0.05, 0.1) is 5.69 Å². The zero-order valence-corrected chi connectivity index (χ0v) is 13.3. The number of rotatable bonds is 9. The number of nitrogens with zero attached hydrogens (tertiary/aromatic N) is 2. The van der Waals surface area contributed by atoms with Gasteiger partial charge in [-0.05, 0) is 38.7 Å². The quantitative estimate of drug-likeness (QED) is 0.726. The molecule has 0 saturated heterocycles. The predicted molar refractivity (Wildman–Crippen MR) is 82.2 cm³/mol. The van der Waals surface area contributed by atoms with E-state index in [0.29, 0.717) is 12.1 Å². The average molecular weight is 265 g/mol. The second-order valence-electron chi connectivity index (χ2n) is 6.15. The van der Waals surface area contributed by atoms with Crippen molar-refractivity contribution in [3.05, 3.63) is 18.0 Å². The van der Waals surface area contributed by atoms with E-state index in [2.05, 4.69) is 62.0 Å². The molecule has 0 spiro atoms. The lowest BCUT2D eigenvalue weighted by Gasteiger charge is -2.13. The van der Waals surface area contributed by atoms with Gasteiger partial charge in [0.15, 0.2) is 0 Å². The van der Waals surface area contributed by atoms with Gasteiger partial charge in [0.2, 0.25) is 0 Å². The third-order valence-corrected chi connectivity index (χ3v) is 3.76. The molecule has 1 aromatic heterocycles. The van der Waals surface area contributed by atoms with Crippen molar-refractivity contribution in [3.63, 3.8) is 0 Å². The molecule has 0 aliphatic carbocycles. The summed E-state index contributed by atoms with van der Waals surface area (Å²) in [6, 6.07) is 3.20. The molecule has 3 nitrogen and oxygen atoms in total. The van der Waals surface area contributed by atoms with Gasteiger partial charge in [-0.25, -0.2) is 0 Å². The topological polar surface area (TPSA) is 29.9 Å². The molecule has 0 saturated carbocycles. The van der Waals surface area contributed by atoms with Crippen molar-refractivity contribution in [3.8, 4) is 0 Å². The number of aromatic nitrogens is 2. The molecular weight excluding hydrogens is 234 g/mol. The molecule has 0 amide bonds. The van der Waals surface area contributed by atoms with Crippen LogP contribution in [0.4, 0.5) is 0 Å². The zero-order chi connectivity index (χ0) is 14.3. The van der Waals surface area contributed by atoms with Crippen molar-refractivity contribution in [1.29, 1.82) is 0 Å².